The molecule has 1 aliphatic rings. The molecule has 1 N–H and O–H groups in total. The molecule has 5 nitrogen and oxygen atoms in total. The van der Waals surface area contributed by atoms with E-state index < -0.39 is 5.92 Å². The minimum atomic E-state index is -0.399. The molecule has 118 valence electrons. The Kier molecular flexibility index (Phi) is 4.30. The van der Waals surface area contributed by atoms with Gasteiger partial charge in [0, 0.05) is 29.9 Å². The van der Waals surface area contributed by atoms with E-state index in [1.807, 2.05) is 19.1 Å². The van der Waals surface area contributed by atoms with Crippen molar-refractivity contribution in [1.82, 2.24) is 4.98 Å². The maximum absolute atomic E-state index is 12.3. The van der Waals surface area contributed by atoms with Gasteiger partial charge in [0.2, 0.25) is 11.8 Å². The third kappa shape index (κ3) is 3.51. The van der Waals surface area contributed by atoms with Gasteiger partial charge in [0.15, 0.2) is 0 Å². The lowest BCUT2D eigenvalue weighted by atomic mass is 10.1. The zero-order chi connectivity index (χ0) is 16.4. The first-order valence-corrected chi connectivity index (χ1v) is 7.70. The van der Waals surface area contributed by atoms with Gasteiger partial charge < -0.3 is 10.2 Å². The van der Waals surface area contributed by atoms with Gasteiger partial charge in [0.1, 0.15) is 5.82 Å². The summed E-state index contributed by atoms with van der Waals surface area (Å²) in [5, 5.41) is 3.32. The summed E-state index contributed by atoms with van der Waals surface area (Å²) in [6.45, 7) is 2.27. The number of halogens is 1. The topological polar surface area (TPSA) is 62.3 Å². The highest BCUT2D eigenvalue weighted by Crippen LogP contribution is 2.27. The maximum Gasteiger partial charge on any atom is 0.230 e. The molecule has 6 heteroatoms. The molecule has 0 aliphatic carbocycles. The van der Waals surface area contributed by atoms with Gasteiger partial charge in [-0.3, -0.25) is 9.59 Å². The third-order valence-electron chi connectivity index (χ3n) is 3.78. The molecule has 2 heterocycles. The summed E-state index contributed by atoms with van der Waals surface area (Å²) in [7, 11) is 0. The number of amides is 2. The van der Waals surface area contributed by atoms with Crippen molar-refractivity contribution in [3.63, 3.8) is 0 Å². The summed E-state index contributed by atoms with van der Waals surface area (Å²) in [6, 6.07) is 10.7. The molecule has 0 radical (unpaired) electrons. The maximum atomic E-state index is 12.3. The summed E-state index contributed by atoms with van der Waals surface area (Å²) < 4.78 is 0. The van der Waals surface area contributed by atoms with Gasteiger partial charge in [0.25, 0.3) is 0 Å². The number of pyridine rings is 1. The molecule has 23 heavy (non-hydrogen) atoms. The first-order valence-electron chi connectivity index (χ1n) is 7.32. The van der Waals surface area contributed by atoms with E-state index in [1.54, 1.807) is 35.4 Å². The molecule has 2 amide bonds. The van der Waals surface area contributed by atoms with Gasteiger partial charge in [-0.2, -0.15) is 0 Å². The van der Waals surface area contributed by atoms with E-state index in [1.165, 1.54) is 0 Å². The fraction of sp³-hybridized carbons (Fsp3) is 0.235. The highest BCUT2D eigenvalue weighted by molar-refractivity contribution is 6.31. The predicted molar refractivity (Wildman–Crippen MR) is 89.5 cm³/mol. The Balaban J connectivity index is 1.69. The van der Waals surface area contributed by atoms with Crippen LogP contribution in [0.15, 0.2) is 42.6 Å². The molecule has 2 aromatic rings. The average molecular weight is 330 g/mol. The van der Waals surface area contributed by atoms with Crippen molar-refractivity contribution in [2.24, 2.45) is 5.92 Å². The first-order chi connectivity index (χ1) is 11.0. The van der Waals surface area contributed by atoms with E-state index in [0.717, 1.165) is 5.56 Å². The van der Waals surface area contributed by atoms with Crippen molar-refractivity contribution in [2.45, 2.75) is 13.3 Å². The van der Waals surface area contributed by atoms with Crippen LogP contribution in [0.25, 0.3) is 0 Å². The summed E-state index contributed by atoms with van der Waals surface area (Å²) in [6.07, 6.45) is 1.87. The lowest BCUT2D eigenvalue weighted by Crippen LogP contribution is -2.28. The Hall–Kier alpha value is -2.40. The van der Waals surface area contributed by atoms with E-state index in [9.17, 15) is 9.59 Å². The number of benzene rings is 1. The number of carbonyl (C=O) groups is 2. The summed E-state index contributed by atoms with van der Waals surface area (Å²) in [5.74, 6) is -0.178. The van der Waals surface area contributed by atoms with Gasteiger partial charge in [-0.15, -0.1) is 0 Å². The fourth-order valence-electron chi connectivity index (χ4n) is 2.55. The summed E-state index contributed by atoms with van der Waals surface area (Å²) >= 11 is 5.96. The zero-order valence-corrected chi connectivity index (χ0v) is 13.4. The molecule has 1 aromatic heterocycles. The van der Waals surface area contributed by atoms with Crippen LogP contribution in [0.5, 0.6) is 0 Å². The van der Waals surface area contributed by atoms with Gasteiger partial charge in [-0.1, -0.05) is 23.7 Å². The van der Waals surface area contributed by atoms with Crippen LogP contribution in [0, 0.1) is 12.8 Å². The van der Waals surface area contributed by atoms with Crippen LogP contribution in [-0.2, 0) is 9.59 Å². The SMILES string of the molecule is Cc1ccc(NC(=O)[C@H]2CC(=O)N(c3cccc(Cl)c3)C2)nc1. The van der Waals surface area contributed by atoms with Crippen LogP contribution in [-0.4, -0.2) is 23.3 Å². The highest BCUT2D eigenvalue weighted by Gasteiger charge is 2.35. The minimum Gasteiger partial charge on any atom is -0.312 e. The fourth-order valence-corrected chi connectivity index (χ4v) is 2.73. The molecule has 0 unspecified atom stereocenters. The van der Waals surface area contributed by atoms with Gasteiger partial charge in [-0.05, 0) is 36.8 Å². The van der Waals surface area contributed by atoms with Gasteiger partial charge >= 0.3 is 0 Å². The summed E-state index contributed by atoms with van der Waals surface area (Å²) in [4.78, 5) is 30.3. The van der Waals surface area contributed by atoms with Crippen molar-refractivity contribution < 1.29 is 9.59 Å². The molecule has 1 fully saturated rings. The Bertz CT molecular complexity index is 746. The zero-order valence-electron chi connectivity index (χ0n) is 12.6. The normalized spacial score (nSPS) is 17.4. The average Bonchev–Trinajstić information content (AvgIpc) is 2.92. The van der Waals surface area contributed by atoms with Crippen LogP contribution in [0.3, 0.4) is 0 Å². The lowest BCUT2D eigenvalue weighted by molar-refractivity contribution is -0.122. The van der Waals surface area contributed by atoms with Crippen molar-refractivity contribution in [1.29, 1.82) is 0 Å². The van der Waals surface area contributed by atoms with E-state index >= 15 is 0 Å². The number of nitrogens with one attached hydrogen (secondary N) is 1. The van der Waals surface area contributed by atoms with Gasteiger partial charge in [-0.25, -0.2) is 4.98 Å². The second kappa shape index (κ2) is 6.38. The Morgan fingerprint density at radius 1 is 1.35 bits per heavy atom. The Morgan fingerprint density at radius 2 is 2.17 bits per heavy atom. The number of nitrogens with zero attached hydrogens (tertiary/aromatic N) is 2. The van der Waals surface area contributed by atoms with E-state index in [2.05, 4.69) is 10.3 Å². The number of hydrogen-bond donors (Lipinski definition) is 1. The smallest absolute Gasteiger partial charge is 0.230 e. The molecule has 1 aliphatic heterocycles. The Morgan fingerprint density at radius 3 is 2.87 bits per heavy atom. The largest absolute Gasteiger partial charge is 0.312 e. The van der Waals surface area contributed by atoms with E-state index in [-0.39, 0.29) is 18.2 Å². The molecule has 0 spiro atoms. The van der Waals surface area contributed by atoms with Crippen LogP contribution < -0.4 is 10.2 Å². The summed E-state index contributed by atoms with van der Waals surface area (Å²) in [5.41, 5.74) is 1.73. The lowest BCUT2D eigenvalue weighted by Gasteiger charge is -2.16. The molecule has 3 rings (SSSR count). The Labute approximate surface area is 139 Å². The number of carbonyl (C=O) groups excluding carboxylic acids is 2. The van der Waals surface area contributed by atoms with Crippen LogP contribution in [0.2, 0.25) is 5.02 Å². The molecular formula is C17H16ClN3O2. The minimum absolute atomic E-state index is 0.0794. The number of anilines is 2. The monoisotopic (exact) mass is 329 g/mol. The van der Waals surface area contributed by atoms with Crippen molar-refractivity contribution >= 4 is 34.9 Å². The molecular weight excluding hydrogens is 314 g/mol. The molecule has 1 atom stereocenters. The van der Waals surface area contributed by atoms with Crippen molar-refractivity contribution in [2.75, 3.05) is 16.8 Å². The van der Waals surface area contributed by atoms with Crippen LogP contribution in [0.4, 0.5) is 11.5 Å². The first kappa shape index (κ1) is 15.5. The number of aromatic nitrogens is 1. The van der Waals surface area contributed by atoms with Gasteiger partial charge in [0.05, 0.1) is 5.92 Å². The molecule has 1 aromatic carbocycles. The highest BCUT2D eigenvalue weighted by atomic mass is 35.5. The number of rotatable bonds is 3. The van der Waals surface area contributed by atoms with Crippen molar-refractivity contribution in [3.05, 3.63) is 53.2 Å². The second-order valence-corrected chi connectivity index (χ2v) is 6.03. The molecule has 0 saturated carbocycles. The molecule has 1 saturated heterocycles. The third-order valence-corrected chi connectivity index (χ3v) is 4.01. The van der Waals surface area contributed by atoms with Crippen molar-refractivity contribution in [3.8, 4) is 0 Å². The number of hydrogen-bond acceptors (Lipinski definition) is 3. The standard InChI is InChI=1S/C17H16ClN3O2/c1-11-5-6-15(19-9-11)20-17(23)12-7-16(22)21(10-12)14-4-2-3-13(18)8-14/h2-6,8-9,12H,7,10H2,1H3,(H,19,20,23)/t12-/m0/s1. The van der Waals surface area contributed by atoms with Crippen LogP contribution in [0.1, 0.15) is 12.0 Å². The predicted octanol–water partition coefficient (Wildman–Crippen LogP) is 3.04. The second-order valence-electron chi connectivity index (χ2n) is 5.60. The quantitative estimate of drug-likeness (QED) is 0.941. The van der Waals surface area contributed by atoms with E-state index in [0.29, 0.717) is 23.1 Å². The van der Waals surface area contributed by atoms with E-state index in [4.69, 9.17) is 11.6 Å². The number of aryl methyl sites for hydroxylation is 1. The van der Waals surface area contributed by atoms with Crippen LogP contribution >= 0.6 is 11.6 Å². The molecule has 0 bridgehead atoms.